The highest BCUT2D eigenvalue weighted by Gasteiger charge is 2.50. The number of nitrogens with one attached hydrogen (secondary N) is 3. The molecule has 4 atom stereocenters. The second-order valence-electron chi connectivity index (χ2n) is 15.3. The van der Waals surface area contributed by atoms with Crippen molar-refractivity contribution >= 4 is 45.4 Å². The number of H-pyrrole nitrogens is 2. The summed E-state index contributed by atoms with van der Waals surface area (Å²) >= 11 is 0. The van der Waals surface area contributed by atoms with Gasteiger partial charge < -0.3 is 38.7 Å². The maximum Gasteiger partial charge on any atom is 0.260 e. The van der Waals surface area contributed by atoms with Crippen molar-refractivity contribution in [3.05, 3.63) is 119 Å². The number of rotatable bonds is 3. The molecule has 4 aromatic carbocycles. The number of carbonyl (C=O) groups is 4. The molecule has 2 saturated heterocycles. The first-order chi connectivity index (χ1) is 28.8. The first-order valence-electron chi connectivity index (χ1n) is 19.4. The number of nitrogens with zero attached hydrogens (tertiary/aromatic N) is 4. The molecule has 0 radical (unpaired) electrons. The molecule has 16 heteroatoms. The molecule has 6 aliphatic heterocycles. The van der Waals surface area contributed by atoms with E-state index in [1.165, 1.54) is 5.01 Å². The van der Waals surface area contributed by atoms with E-state index < -0.39 is 24.2 Å². The minimum absolute atomic E-state index is 0.00243. The Morgan fingerprint density at radius 1 is 0.610 bits per heavy atom. The molecule has 0 unspecified atom stereocenters. The largest absolute Gasteiger partial charge is 0.454 e. The zero-order valence-electron chi connectivity index (χ0n) is 31.8. The Kier molecular flexibility index (Phi) is 7.90. The second-order valence-corrected chi connectivity index (χ2v) is 15.3. The molecule has 0 bridgehead atoms. The topological polar surface area (TPSA) is 188 Å². The zero-order chi connectivity index (χ0) is 40.1. The Morgan fingerprint density at radius 2 is 1.08 bits per heavy atom. The van der Waals surface area contributed by atoms with Crippen LogP contribution in [0.15, 0.2) is 84.9 Å². The number of hydrazine groups is 2. The summed E-state index contributed by atoms with van der Waals surface area (Å²) in [5.74, 6) is 7.87. The van der Waals surface area contributed by atoms with Gasteiger partial charge in [-0.2, -0.15) is 0 Å². The maximum absolute atomic E-state index is 13.2. The first-order valence-corrected chi connectivity index (χ1v) is 19.4. The second kappa shape index (κ2) is 13.3. The van der Waals surface area contributed by atoms with Gasteiger partial charge in [-0.05, 0) is 58.7 Å². The minimum Gasteiger partial charge on any atom is -0.454 e. The standard InChI is InChI=1S/C22H20N4O4.C21H18N4O4/c1-23-25-10-19(27)26-16(22(25)28)9-14-13-4-2-3-5-15(13)24-20(14)21(26)12-6-7-17-18(8-12)30-11-29-17;22-24-9-18(26)25-15(21(24)27)8-13-12-3-1-2-4-14(12)23-19(13)20(25)11-5-6-16-17(7-11)29-10-28-16/h2-8,16,21,23-24H,9-11H2,1H3;1-7,15,20,23H,8-10,22H2/t16-,21-;15-,20-/m11/s1. The summed E-state index contributed by atoms with van der Waals surface area (Å²) in [7, 11) is 1.66. The Bertz CT molecular complexity index is 2760. The van der Waals surface area contributed by atoms with Gasteiger partial charge in [-0.1, -0.05) is 48.5 Å². The van der Waals surface area contributed by atoms with Crippen LogP contribution >= 0.6 is 0 Å². The van der Waals surface area contributed by atoms with Crippen LogP contribution in [-0.2, 0) is 32.0 Å². The van der Waals surface area contributed by atoms with Gasteiger partial charge in [-0.3, -0.25) is 29.2 Å². The molecule has 298 valence electrons. The van der Waals surface area contributed by atoms with Gasteiger partial charge in [0.15, 0.2) is 23.0 Å². The SMILES string of the molecule is CNN1CC(=O)N2[C@H](c3ccc4c(c3)OCO4)c3[nH]c4ccccc4c3C[C@@H]2C1=O.NN1CC(=O)N2[C@H](c3ccc4c(c3)OCO4)c3[nH]c4ccccc4c3C[C@@H]2C1=O. The molecule has 59 heavy (non-hydrogen) atoms. The molecule has 12 rings (SSSR count). The van der Waals surface area contributed by atoms with Crippen molar-refractivity contribution in [1.82, 2.24) is 35.2 Å². The molecule has 2 fully saturated rings. The van der Waals surface area contributed by atoms with Crippen molar-refractivity contribution in [2.24, 2.45) is 5.84 Å². The molecular formula is C43H38N8O8. The average Bonchev–Trinajstić information content (AvgIpc) is 4.07. The van der Waals surface area contributed by atoms with E-state index in [9.17, 15) is 19.2 Å². The minimum atomic E-state index is -0.636. The summed E-state index contributed by atoms with van der Waals surface area (Å²) in [5.41, 5.74) is 10.6. The van der Waals surface area contributed by atoms with Crippen LogP contribution in [0.2, 0.25) is 0 Å². The molecule has 0 spiro atoms. The molecule has 4 amide bonds. The van der Waals surface area contributed by atoms with E-state index in [0.717, 1.165) is 60.5 Å². The van der Waals surface area contributed by atoms with E-state index in [1.54, 1.807) is 16.8 Å². The summed E-state index contributed by atoms with van der Waals surface area (Å²) in [6, 6.07) is 25.3. The van der Waals surface area contributed by atoms with Crippen LogP contribution in [0.5, 0.6) is 23.0 Å². The van der Waals surface area contributed by atoms with Crippen LogP contribution in [0.4, 0.5) is 0 Å². The van der Waals surface area contributed by atoms with Gasteiger partial charge in [-0.15, -0.1) is 0 Å². The number of amides is 4. The molecule has 8 heterocycles. The highest BCUT2D eigenvalue weighted by molar-refractivity contribution is 5.98. The Morgan fingerprint density at radius 3 is 1.61 bits per heavy atom. The van der Waals surface area contributed by atoms with Crippen LogP contribution in [0, 0.1) is 0 Å². The number of aromatic amines is 2. The third kappa shape index (κ3) is 5.36. The molecule has 0 aliphatic carbocycles. The van der Waals surface area contributed by atoms with E-state index in [0.29, 0.717) is 35.8 Å². The average molecular weight is 795 g/mol. The summed E-state index contributed by atoms with van der Waals surface area (Å²) in [6.07, 6.45) is 0.905. The molecule has 6 aromatic rings. The van der Waals surface area contributed by atoms with Gasteiger partial charge in [-0.25, -0.2) is 11.3 Å². The van der Waals surface area contributed by atoms with Gasteiger partial charge >= 0.3 is 0 Å². The van der Waals surface area contributed by atoms with Gasteiger partial charge in [0.2, 0.25) is 25.4 Å². The van der Waals surface area contributed by atoms with E-state index in [2.05, 4.69) is 21.5 Å². The Hall–Kier alpha value is -7.04. The summed E-state index contributed by atoms with van der Waals surface area (Å²) in [6.45, 7) is 0.226. The fraction of sp³-hybridized carbons (Fsp3) is 0.256. The molecular weight excluding hydrogens is 757 g/mol. The Labute approximate surface area is 336 Å². The van der Waals surface area contributed by atoms with E-state index in [4.69, 9.17) is 24.8 Å². The fourth-order valence-electron chi connectivity index (χ4n) is 9.60. The third-order valence-corrected chi connectivity index (χ3v) is 12.3. The maximum atomic E-state index is 13.2. The van der Waals surface area contributed by atoms with E-state index in [1.807, 2.05) is 78.9 Å². The van der Waals surface area contributed by atoms with Crippen LogP contribution < -0.4 is 30.2 Å². The lowest BCUT2D eigenvalue weighted by molar-refractivity contribution is -0.161. The lowest BCUT2D eigenvalue weighted by Crippen LogP contribution is -2.65. The summed E-state index contributed by atoms with van der Waals surface area (Å²) < 4.78 is 22.0. The van der Waals surface area contributed by atoms with Crippen LogP contribution in [0.3, 0.4) is 0 Å². The van der Waals surface area contributed by atoms with Crippen molar-refractivity contribution in [2.45, 2.75) is 37.0 Å². The number of aromatic nitrogens is 2. The van der Waals surface area contributed by atoms with Crippen molar-refractivity contribution in [2.75, 3.05) is 33.7 Å². The number of benzene rings is 4. The quantitative estimate of drug-likeness (QED) is 0.153. The van der Waals surface area contributed by atoms with Crippen molar-refractivity contribution in [3.63, 3.8) is 0 Å². The molecule has 2 aromatic heterocycles. The van der Waals surface area contributed by atoms with Crippen molar-refractivity contribution < 1.29 is 38.1 Å². The van der Waals surface area contributed by atoms with Crippen LogP contribution in [-0.4, -0.2) is 99.2 Å². The number of piperazine rings is 2. The number of fused-ring (bicyclic) bond motifs is 10. The summed E-state index contributed by atoms with van der Waals surface area (Å²) in [4.78, 5) is 62.7. The summed E-state index contributed by atoms with van der Waals surface area (Å²) in [5, 5.41) is 4.57. The molecule has 16 nitrogen and oxygen atoms in total. The fourth-order valence-corrected chi connectivity index (χ4v) is 9.60. The van der Waals surface area contributed by atoms with E-state index >= 15 is 0 Å². The normalized spacial score (nSPS) is 22.6. The first kappa shape index (κ1) is 35.1. The smallest absolute Gasteiger partial charge is 0.260 e. The lowest BCUT2D eigenvalue weighted by Gasteiger charge is -2.46. The predicted molar refractivity (Wildman–Crippen MR) is 211 cm³/mol. The number of ether oxygens (including phenoxy) is 4. The molecule has 0 saturated carbocycles. The highest BCUT2D eigenvalue weighted by atomic mass is 16.7. The number of para-hydroxylation sites is 2. The van der Waals surface area contributed by atoms with Gasteiger partial charge in [0.25, 0.3) is 11.8 Å². The number of hydrogen-bond acceptors (Lipinski definition) is 10. The third-order valence-electron chi connectivity index (χ3n) is 12.3. The monoisotopic (exact) mass is 794 g/mol. The Balaban J connectivity index is 0.000000135. The van der Waals surface area contributed by atoms with E-state index in [-0.39, 0.29) is 50.3 Å². The number of carbonyl (C=O) groups excluding carboxylic acids is 4. The molecule has 5 N–H and O–H groups in total. The number of nitrogens with two attached hydrogens (primary N) is 1. The van der Waals surface area contributed by atoms with Gasteiger partial charge in [0.05, 0.1) is 12.1 Å². The predicted octanol–water partition coefficient (Wildman–Crippen LogP) is 3.17. The van der Waals surface area contributed by atoms with Crippen molar-refractivity contribution in [1.29, 1.82) is 0 Å². The zero-order valence-corrected chi connectivity index (χ0v) is 31.8. The lowest BCUT2D eigenvalue weighted by atomic mass is 9.86. The van der Waals surface area contributed by atoms with Crippen LogP contribution in [0.1, 0.15) is 45.7 Å². The number of hydrogen-bond donors (Lipinski definition) is 4. The highest BCUT2D eigenvalue weighted by Crippen LogP contribution is 2.46. The van der Waals surface area contributed by atoms with Crippen molar-refractivity contribution in [3.8, 4) is 23.0 Å². The van der Waals surface area contributed by atoms with Crippen LogP contribution in [0.25, 0.3) is 21.8 Å². The van der Waals surface area contributed by atoms with Gasteiger partial charge in [0.1, 0.15) is 25.2 Å². The molecule has 6 aliphatic rings. The van der Waals surface area contributed by atoms with Gasteiger partial charge in [0, 0.05) is 53.1 Å².